The second-order valence-electron chi connectivity index (χ2n) is 2.03. The Morgan fingerprint density at radius 2 is 2.00 bits per heavy atom. The molecule has 2 N–H and O–H groups in total. The van der Waals surface area contributed by atoms with E-state index in [-0.39, 0.29) is 0 Å². The molecule has 0 radical (unpaired) electrons. The molecule has 4 heteroatoms. The summed E-state index contributed by atoms with van der Waals surface area (Å²) in [4.78, 5) is 0. The first kappa shape index (κ1) is 9.52. The fraction of sp³-hybridized carbons (Fsp3) is 0.143. The molecule has 11 heavy (non-hydrogen) atoms. The summed E-state index contributed by atoms with van der Waals surface area (Å²) >= 11 is 12.6. The van der Waals surface area contributed by atoms with E-state index in [9.17, 15) is 0 Å². The fourth-order valence-corrected chi connectivity index (χ4v) is 2.20. The maximum Gasteiger partial charge on any atom is 0.0552 e. The summed E-state index contributed by atoms with van der Waals surface area (Å²) in [5.74, 6) is 0. The lowest BCUT2D eigenvalue weighted by Gasteiger charge is -2.05. The Labute approximate surface area is 87.2 Å². The van der Waals surface area contributed by atoms with E-state index in [1.54, 1.807) is 0 Å². The van der Waals surface area contributed by atoms with E-state index in [0.717, 1.165) is 14.5 Å². The normalized spacial score (nSPS) is 10.2. The first-order chi connectivity index (χ1) is 5.16. The molecule has 0 aromatic heterocycles. The van der Waals surface area contributed by atoms with Crippen LogP contribution in [-0.4, -0.2) is 0 Å². The van der Waals surface area contributed by atoms with Gasteiger partial charge in [-0.3, -0.25) is 0 Å². The zero-order chi connectivity index (χ0) is 8.43. The van der Waals surface area contributed by atoms with Gasteiger partial charge in [-0.25, -0.2) is 0 Å². The molecule has 0 heterocycles. The molecule has 0 aliphatic carbocycles. The molecular formula is C7H6Br2ClN. The van der Waals surface area contributed by atoms with Crippen LogP contribution in [0.15, 0.2) is 21.1 Å². The third-order valence-electron chi connectivity index (χ3n) is 1.34. The maximum absolute atomic E-state index is 5.84. The lowest BCUT2D eigenvalue weighted by atomic mass is 10.2. The largest absolute Gasteiger partial charge is 0.326 e. The second kappa shape index (κ2) is 3.90. The molecule has 0 atom stereocenters. The molecule has 0 saturated heterocycles. The van der Waals surface area contributed by atoms with E-state index in [1.165, 1.54) is 0 Å². The molecule has 1 aromatic rings. The van der Waals surface area contributed by atoms with Crippen molar-refractivity contribution in [2.75, 3.05) is 0 Å². The van der Waals surface area contributed by atoms with Crippen LogP contribution in [0.1, 0.15) is 5.56 Å². The van der Waals surface area contributed by atoms with Crippen LogP contribution in [0.25, 0.3) is 0 Å². The van der Waals surface area contributed by atoms with Crippen LogP contribution in [0.2, 0.25) is 5.02 Å². The Morgan fingerprint density at radius 1 is 1.36 bits per heavy atom. The quantitative estimate of drug-likeness (QED) is 0.791. The van der Waals surface area contributed by atoms with Gasteiger partial charge in [0.05, 0.1) is 5.02 Å². The highest BCUT2D eigenvalue weighted by atomic mass is 79.9. The van der Waals surface area contributed by atoms with E-state index in [2.05, 4.69) is 31.9 Å². The smallest absolute Gasteiger partial charge is 0.0552 e. The number of halogens is 3. The number of nitrogens with two attached hydrogens (primary N) is 1. The summed E-state index contributed by atoms with van der Waals surface area (Å²) in [6, 6.07) is 3.70. The van der Waals surface area contributed by atoms with Crippen LogP contribution < -0.4 is 5.73 Å². The van der Waals surface area contributed by atoms with Crippen molar-refractivity contribution >= 4 is 43.5 Å². The highest BCUT2D eigenvalue weighted by Gasteiger charge is 2.05. The Morgan fingerprint density at radius 3 is 2.45 bits per heavy atom. The highest BCUT2D eigenvalue weighted by molar-refractivity contribution is 9.11. The van der Waals surface area contributed by atoms with Gasteiger partial charge in [0.15, 0.2) is 0 Å². The summed E-state index contributed by atoms with van der Waals surface area (Å²) in [6.07, 6.45) is 0. The number of rotatable bonds is 1. The Bertz CT molecular complexity index is 275. The lowest BCUT2D eigenvalue weighted by Crippen LogP contribution is -1.98. The fourth-order valence-electron chi connectivity index (χ4n) is 0.756. The first-order valence-corrected chi connectivity index (χ1v) is 4.95. The van der Waals surface area contributed by atoms with Crippen LogP contribution in [0.4, 0.5) is 0 Å². The van der Waals surface area contributed by atoms with Gasteiger partial charge < -0.3 is 5.73 Å². The summed E-state index contributed by atoms with van der Waals surface area (Å²) in [5.41, 5.74) is 6.50. The minimum Gasteiger partial charge on any atom is -0.326 e. The van der Waals surface area contributed by atoms with Gasteiger partial charge in [0.2, 0.25) is 0 Å². The van der Waals surface area contributed by atoms with Crippen LogP contribution in [0, 0.1) is 0 Å². The van der Waals surface area contributed by atoms with Crippen LogP contribution in [-0.2, 0) is 6.54 Å². The average molecular weight is 299 g/mol. The van der Waals surface area contributed by atoms with E-state index in [1.807, 2.05) is 12.1 Å². The van der Waals surface area contributed by atoms with Gasteiger partial charge in [-0.2, -0.15) is 0 Å². The molecule has 0 spiro atoms. The summed E-state index contributed by atoms with van der Waals surface area (Å²) < 4.78 is 1.85. The molecule has 0 amide bonds. The van der Waals surface area contributed by atoms with Gasteiger partial charge in [0.25, 0.3) is 0 Å². The molecule has 1 nitrogen and oxygen atoms in total. The van der Waals surface area contributed by atoms with Crippen LogP contribution >= 0.6 is 43.5 Å². The molecule has 60 valence electrons. The summed E-state index contributed by atoms with van der Waals surface area (Å²) in [7, 11) is 0. The first-order valence-electron chi connectivity index (χ1n) is 2.99. The van der Waals surface area contributed by atoms with Crippen molar-refractivity contribution in [3.8, 4) is 0 Å². The second-order valence-corrected chi connectivity index (χ2v) is 4.08. The van der Waals surface area contributed by atoms with Crippen molar-refractivity contribution in [1.82, 2.24) is 0 Å². The predicted molar refractivity (Wildman–Crippen MR) is 54.7 cm³/mol. The van der Waals surface area contributed by atoms with E-state index >= 15 is 0 Å². The standard InChI is InChI=1S/C7H6Br2ClN/c8-5-1-2-6(10)7(9)4(5)3-11/h1-2H,3,11H2. The molecule has 0 bridgehead atoms. The van der Waals surface area contributed by atoms with Gasteiger partial charge in [-0.05, 0) is 33.6 Å². The predicted octanol–water partition coefficient (Wildman–Crippen LogP) is 3.32. The number of benzene rings is 1. The Hall–Kier alpha value is 0.430. The monoisotopic (exact) mass is 297 g/mol. The SMILES string of the molecule is NCc1c(Br)ccc(Cl)c1Br. The van der Waals surface area contributed by atoms with Crippen LogP contribution in [0.3, 0.4) is 0 Å². The molecule has 0 saturated carbocycles. The van der Waals surface area contributed by atoms with Gasteiger partial charge >= 0.3 is 0 Å². The molecule has 0 aliphatic heterocycles. The zero-order valence-corrected chi connectivity index (χ0v) is 9.50. The van der Waals surface area contributed by atoms with Crippen molar-refractivity contribution in [2.45, 2.75) is 6.54 Å². The molecular weight excluding hydrogens is 293 g/mol. The van der Waals surface area contributed by atoms with Gasteiger partial charge in [-0.15, -0.1) is 0 Å². The zero-order valence-electron chi connectivity index (χ0n) is 5.57. The third-order valence-corrected chi connectivity index (χ3v) is 3.54. The minimum atomic E-state index is 0.474. The van der Waals surface area contributed by atoms with Gasteiger partial charge in [0.1, 0.15) is 0 Å². The van der Waals surface area contributed by atoms with Crippen molar-refractivity contribution in [2.24, 2.45) is 5.73 Å². The van der Waals surface area contributed by atoms with Crippen molar-refractivity contribution < 1.29 is 0 Å². The number of hydrogen-bond acceptors (Lipinski definition) is 1. The number of hydrogen-bond donors (Lipinski definition) is 1. The van der Waals surface area contributed by atoms with Crippen LogP contribution in [0.5, 0.6) is 0 Å². The summed E-state index contributed by atoms with van der Waals surface area (Å²) in [5, 5.41) is 0.689. The van der Waals surface area contributed by atoms with Crippen molar-refractivity contribution in [3.05, 3.63) is 31.7 Å². The van der Waals surface area contributed by atoms with E-state index in [4.69, 9.17) is 17.3 Å². The van der Waals surface area contributed by atoms with Crippen molar-refractivity contribution in [1.29, 1.82) is 0 Å². The summed E-state index contributed by atoms with van der Waals surface area (Å²) in [6.45, 7) is 0.474. The Balaban J connectivity index is 3.29. The molecule has 1 rings (SSSR count). The maximum atomic E-state index is 5.84. The van der Waals surface area contributed by atoms with E-state index in [0.29, 0.717) is 11.6 Å². The molecule has 0 unspecified atom stereocenters. The van der Waals surface area contributed by atoms with E-state index < -0.39 is 0 Å². The molecule has 0 fully saturated rings. The highest BCUT2D eigenvalue weighted by Crippen LogP contribution is 2.31. The molecule has 0 aliphatic rings. The van der Waals surface area contributed by atoms with Gasteiger partial charge in [-0.1, -0.05) is 27.5 Å². The average Bonchev–Trinajstić information content (AvgIpc) is 1.99. The van der Waals surface area contributed by atoms with Crippen molar-refractivity contribution in [3.63, 3.8) is 0 Å². The van der Waals surface area contributed by atoms with Gasteiger partial charge in [0, 0.05) is 15.5 Å². The topological polar surface area (TPSA) is 26.0 Å². The minimum absolute atomic E-state index is 0.474. The third kappa shape index (κ3) is 1.96. The molecule has 1 aromatic carbocycles. The Kier molecular flexibility index (Phi) is 3.37. The lowest BCUT2D eigenvalue weighted by molar-refractivity contribution is 1.05.